The second-order valence-electron chi connectivity index (χ2n) is 9.50. The van der Waals surface area contributed by atoms with Gasteiger partial charge >= 0.3 is 0 Å². The highest BCUT2D eigenvalue weighted by Gasteiger charge is 2.50. The Morgan fingerprint density at radius 3 is 2.41 bits per heavy atom. The Balaban J connectivity index is 1.42. The van der Waals surface area contributed by atoms with Crippen LogP contribution < -0.4 is 9.47 Å². The van der Waals surface area contributed by atoms with Crippen molar-refractivity contribution in [1.29, 1.82) is 0 Å². The largest absolute Gasteiger partial charge is 0.489 e. The monoisotopic (exact) mass is 371 g/mol. The van der Waals surface area contributed by atoms with Crippen LogP contribution >= 0.6 is 0 Å². The van der Waals surface area contributed by atoms with Gasteiger partial charge < -0.3 is 19.5 Å². The topological polar surface area (TPSA) is 41.9 Å². The summed E-state index contributed by atoms with van der Waals surface area (Å²) in [5.74, 6) is 3.33. The summed E-state index contributed by atoms with van der Waals surface area (Å²) in [6.07, 6.45) is 9.07. The Morgan fingerprint density at radius 2 is 1.70 bits per heavy atom. The standard InChI is InChI=1S/C23H33NO3/c1-24-11-10-23(9-8-19(25)13-22(23)24)18-6-7-20(26-14-16-2-3-16)21(12-18)27-15-17-4-5-17/h6-7,12,16-17,19,22,25H,2-5,8-11,13-15H2,1H3/t19-,22+,23+/m1/s1. The van der Waals surface area contributed by atoms with Crippen LogP contribution in [-0.4, -0.2) is 49.0 Å². The van der Waals surface area contributed by atoms with Crippen LogP contribution in [0.1, 0.15) is 56.9 Å². The SMILES string of the molecule is CN1CC[C@]2(c3ccc(OCC4CC4)c(OCC4CC4)c3)CC[C@@H](O)C[C@H]12. The highest BCUT2D eigenvalue weighted by Crippen LogP contribution is 2.50. The van der Waals surface area contributed by atoms with Crippen molar-refractivity contribution in [3.63, 3.8) is 0 Å². The first-order valence-corrected chi connectivity index (χ1v) is 10.9. The second kappa shape index (κ2) is 6.97. The summed E-state index contributed by atoms with van der Waals surface area (Å²) in [6, 6.07) is 7.12. The van der Waals surface area contributed by atoms with Gasteiger partial charge in [-0.25, -0.2) is 0 Å². The third-order valence-electron chi connectivity index (χ3n) is 7.36. The van der Waals surface area contributed by atoms with Gasteiger partial charge in [0.1, 0.15) is 0 Å². The van der Waals surface area contributed by atoms with E-state index in [1.165, 1.54) is 37.7 Å². The summed E-state index contributed by atoms with van der Waals surface area (Å²) in [5, 5.41) is 10.2. The van der Waals surface area contributed by atoms with Crippen molar-refractivity contribution in [2.45, 2.75) is 68.9 Å². The fourth-order valence-electron chi connectivity index (χ4n) is 5.13. The lowest BCUT2D eigenvalue weighted by atomic mass is 9.65. The van der Waals surface area contributed by atoms with Gasteiger partial charge in [-0.3, -0.25) is 0 Å². The van der Waals surface area contributed by atoms with Crippen molar-refractivity contribution in [1.82, 2.24) is 4.90 Å². The molecule has 5 rings (SSSR count). The molecular formula is C23H33NO3. The fraction of sp³-hybridized carbons (Fsp3) is 0.739. The van der Waals surface area contributed by atoms with E-state index >= 15 is 0 Å². The van der Waals surface area contributed by atoms with Gasteiger partial charge in [0.15, 0.2) is 11.5 Å². The minimum atomic E-state index is -0.157. The Morgan fingerprint density at radius 1 is 1.00 bits per heavy atom. The van der Waals surface area contributed by atoms with E-state index < -0.39 is 0 Å². The molecule has 1 aromatic carbocycles. The van der Waals surface area contributed by atoms with Crippen LogP contribution in [0.2, 0.25) is 0 Å². The highest BCUT2D eigenvalue weighted by molar-refractivity contribution is 5.47. The van der Waals surface area contributed by atoms with Crippen LogP contribution in [0.4, 0.5) is 0 Å². The molecule has 0 aromatic heterocycles. The van der Waals surface area contributed by atoms with Gasteiger partial charge in [0, 0.05) is 11.5 Å². The maximum Gasteiger partial charge on any atom is 0.161 e. The number of likely N-dealkylation sites (tertiary alicyclic amines) is 1. The molecule has 4 fully saturated rings. The van der Waals surface area contributed by atoms with E-state index in [1.807, 2.05) is 0 Å². The van der Waals surface area contributed by atoms with Crippen molar-refractivity contribution >= 4 is 0 Å². The molecule has 3 aliphatic carbocycles. The Bertz CT molecular complexity index is 684. The molecule has 3 atom stereocenters. The molecule has 4 heteroatoms. The number of ether oxygens (including phenoxy) is 2. The van der Waals surface area contributed by atoms with Crippen LogP contribution in [-0.2, 0) is 5.41 Å². The quantitative estimate of drug-likeness (QED) is 0.793. The van der Waals surface area contributed by atoms with Gasteiger partial charge in [-0.2, -0.15) is 0 Å². The van der Waals surface area contributed by atoms with Gasteiger partial charge in [-0.05, 0) is 94.5 Å². The van der Waals surface area contributed by atoms with Crippen LogP contribution in [0.3, 0.4) is 0 Å². The highest BCUT2D eigenvalue weighted by atomic mass is 16.5. The Labute approximate surface area is 162 Å². The number of aliphatic hydroxyl groups is 1. The summed E-state index contributed by atoms with van der Waals surface area (Å²) in [5.41, 5.74) is 1.54. The molecule has 0 radical (unpaired) electrons. The van der Waals surface area contributed by atoms with E-state index in [0.29, 0.717) is 6.04 Å². The number of likely N-dealkylation sites (N-methyl/N-ethyl adjacent to an activating group) is 1. The predicted molar refractivity (Wildman–Crippen MR) is 105 cm³/mol. The molecule has 1 heterocycles. The number of hydrogen-bond donors (Lipinski definition) is 1. The molecule has 0 unspecified atom stereocenters. The smallest absolute Gasteiger partial charge is 0.161 e. The summed E-state index contributed by atoms with van der Waals surface area (Å²) < 4.78 is 12.4. The van der Waals surface area contributed by atoms with Gasteiger partial charge in [-0.1, -0.05) is 6.07 Å². The number of nitrogens with zero attached hydrogens (tertiary/aromatic N) is 1. The minimum Gasteiger partial charge on any atom is -0.489 e. The first kappa shape index (κ1) is 17.8. The molecule has 27 heavy (non-hydrogen) atoms. The number of aliphatic hydroxyl groups excluding tert-OH is 1. The Kier molecular flexibility index (Phi) is 4.60. The molecule has 0 bridgehead atoms. The summed E-state index contributed by atoms with van der Waals surface area (Å²) in [4.78, 5) is 2.45. The first-order valence-electron chi connectivity index (χ1n) is 10.9. The van der Waals surface area contributed by atoms with Crippen molar-refractivity contribution in [2.75, 3.05) is 26.8 Å². The van der Waals surface area contributed by atoms with Crippen LogP contribution in [0, 0.1) is 11.8 Å². The zero-order valence-corrected chi connectivity index (χ0v) is 16.5. The lowest BCUT2D eigenvalue weighted by molar-refractivity contribution is 0.0566. The lowest BCUT2D eigenvalue weighted by Crippen LogP contribution is -2.47. The number of benzene rings is 1. The summed E-state index contributed by atoms with van der Waals surface area (Å²) in [7, 11) is 2.21. The summed E-state index contributed by atoms with van der Waals surface area (Å²) in [6.45, 7) is 2.75. The minimum absolute atomic E-state index is 0.153. The molecule has 4 aliphatic rings. The van der Waals surface area contributed by atoms with Crippen molar-refractivity contribution in [2.24, 2.45) is 11.8 Å². The molecule has 0 spiro atoms. The van der Waals surface area contributed by atoms with Crippen LogP contribution in [0.25, 0.3) is 0 Å². The molecule has 1 N–H and O–H groups in total. The van der Waals surface area contributed by atoms with Crippen molar-refractivity contribution < 1.29 is 14.6 Å². The first-order chi connectivity index (χ1) is 13.1. The van der Waals surface area contributed by atoms with E-state index in [0.717, 1.165) is 62.4 Å². The zero-order valence-electron chi connectivity index (χ0n) is 16.5. The van der Waals surface area contributed by atoms with E-state index in [-0.39, 0.29) is 11.5 Å². The van der Waals surface area contributed by atoms with E-state index in [4.69, 9.17) is 9.47 Å². The number of rotatable bonds is 7. The zero-order chi connectivity index (χ0) is 18.4. The molecule has 3 saturated carbocycles. The van der Waals surface area contributed by atoms with E-state index in [1.54, 1.807) is 0 Å². The van der Waals surface area contributed by atoms with Crippen molar-refractivity contribution in [3.05, 3.63) is 23.8 Å². The summed E-state index contributed by atoms with van der Waals surface area (Å²) >= 11 is 0. The molecule has 1 saturated heterocycles. The van der Waals surface area contributed by atoms with Crippen molar-refractivity contribution in [3.8, 4) is 11.5 Å². The van der Waals surface area contributed by atoms with Gasteiger partial charge in [0.2, 0.25) is 0 Å². The molecule has 148 valence electrons. The average Bonchev–Trinajstić information content (AvgIpc) is 3.59. The third kappa shape index (κ3) is 3.58. The van der Waals surface area contributed by atoms with Crippen LogP contribution in [0.5, 0.6) is 11.5 Å². The molecule has 4 nitrogen and oxygen atoms in total. The molecule has 1 aliphatic heterocycles. The predicted octanol–water partition coefficient (Wildman–Crippen LogP) is 3.75. The molecular weight excluding hydrogens is 338 g/mol. The van der Waals surface area contributed by atoms with E-state index in [9.17, 15) is 5.11 Å². The maximum absolute atomic E-state index is 10.2. The van der Waals surface area contributed by atoms with Gasteiger partial charge in [0.05, 0.1) is 19.3 Å². The second-order valence-corrected chi connectivity index (χ2v) is 9.50. The fourth-order valence-corrected chi connectivity index (χ4v) is 5.13. The maximum atomic E-state index is 10.2. The lowest BCUT2D eigenvalue weighted by Gasteiger charge is -2.43. The molecule has 0 amide bonds. The van der Waals surface area contributed by atoms with Gasteiger partial charge in [0.25, 0.3) is 0 Å². The van der Waals surface area contributed by atoms with Crippen LogP contribution in [0.15, 0.2) is 18.2 Å². The number of fused-ring (bicyclic) bond motifs is 1. The normalized spacial score (nSPS) is 33.7. The number of hydrogen-bond acceptors (Lipinski definition) is 4. The average molecular weight is 372 g/mol. The Hall–Kier alpha value is -1.26. The third-order valence-corrected chi connectivity index (χ3v) is 7.36. The molecule has 1 aromatic rings. The van der Waals surface area contributed by atoms with Gasteiger partial charge in [-0.15, -0.1) is 0 Å². The van der Waals surface area contributed by atoms with E-state index in [2.05, 4.69) is 30.1 Å².